The molecule has 0 spiro atoms. The van der Waals surface area contributed by atoms with E-state index in [-0.39, 0.29) is 60.9 Å². The van der Waals surface area contributed by atoms with E-state index < -0.39 is 22.3 Å². The normalized spacial score (nSPS) is 17.8. The number of esters is 1. The molecule has 3 fully saturated rings. The molecule has 65 heavy (non-hydrogen) atoms. The first kappa shape index (κ1) is 48.4. The van der Waals surface area contributed by atoms with Crippen molar-refractivity contribution < 1.29 is 50.8 Å². The summed E-state index contributed by atoms with van der Waals surface area (Å²) in [7, 11) is -3.62. The van der Waals surface area contributed by atoms with Crippen LogP contribution in [0.25, 0.3) is 0 Å². The summed E-state index contributed by atoms with van der Waals surface area (Å²) in [5, 5.41) is 24.9. The average Bonchev–Trinajstić information content (AvgIpc) is 4.12. The number of anilines is 2. The summed E-state index contributed by atoms with van der Waals surface area (Å²) in [6.45, 7) is 8.80. The molecule has 2 aromatic carbocycles. The summed E-state index contributed by atoms with van der Waals surface area (Å²) in [6.07, 6.45) is -0.710. The van der Waals surface area contributed by atoms with Crippen LogP contribution in [-0.2, 0) is 33.3 Å². The Labute approximate surface area is 384 Å². The van der Waals surface area contributed by atoms with Crippen molar-refractivity contribution in [2.24, 2.45) is 0 Å². The summed E-state index contributed by atoms with van der Waals surface area (Å²) in [5.41, 5.74) is 2.23. The third-order valence-corrected chi connectivity index (χ3v) is 12.3. The van der Waals surface area contributed by atoms with E-state index >= 15 is 0 Å². The van der Waals surface area contributed by atoms with Gasteiger partial charge in [0.15, 0.2) is 0 Å². The van der Waals surface area contributed by atoms with Crippen molar-refractivity contribution in [3.63, 3.8) is 0 Å². The molecule has 19 nitrogen and oxygen atoms in total. The van der Waals surface area contributed by atoms with Crippen LogP contribution in [0.3, 0.4) is 0 Å². The smallest absolute Gasteiger partial charge is 0.414 e. The molecule has 4 N–H and O–H groups in total. The van der Waals surface area contributed by atoms with Gasteiger partial charge in [-0.2, -0.15) is 8.42 Å². The van der Waals surface area contributed by atoms with Gasteiger partial charge in [-0.3, -0.25) is 44.1 Å². The number of amides is 4. The SMILES string of the molecule is CC(C)OC(=O)CCN1CCN(CC2CN(c3ccc(C(=N)NC(=O)c4cccs4)cc3)C(=O)O2)CC1.CS(=O)(=O)OCC1CN(c2ccc(C(=N)NC(=O)c3cccs3)cc2)C(=O)O1. The molecule has 3 aliphatic rings. The molecule has 4 aromatic rings. The van der Waals surface area contributed by atoms with Crippen LogP contribution in [0.2, 0.25) is 0 Å². The van der Waals surface area contributed by atoms with Gasteiger partial charge in [0.2, 0.25) is 0 Å². The lowest BCUT2D eigenvalue weighted by molar-refractivity contribution is -0.147. The molecule has 346 valence electrons. The minimum Gasteiger partial charge on any atom is -0.463 e. The lowest BCUT2D eigenvalue weighted by Crippen LogP contribution is -2.49. The molecule has 2 aromatic heterocycles. The third kappa shape index (κ3) is 14.2. The van der Waals surface area contributed by atoms with Gasteiger partial charge in [-0.15, -0.1) is 22.7 Å². The van der Waals surface area contributed by atoms with E-state index in [2.05, 4.69) is 24.6 Å². The molecule has 4 amide bonds. The van der Waals surface area contributed by atoms with Crippen LogP contribution in [0.1, 0.15) is 50.7 Å². The minimum atomic E-state index is -3.62. The second-order valence-corrected chi connectivity index (χ2v) is 18.9. The number of rotatable bonds is 15. The standard InChI is InChI=1S/C26H33N5O5S.C17H17N3O6S2/c1-18(2)35-23(32)9-10-29-11-13-30(14-12-29)16-21-17-31(26(34)36-21)20-7-5-19(6-8-20)24(27)28-25(33)22-4-3-15-37-22;1-28(23,24)25-10-13-9-20(17(22)26-13)12-6-4-11(5-7-12)15(18)19-16(21)14-3-2-8-27-14/h3-8,15,18,21H,9-14,16-17H2,1-2H3,(H2,27,28,33);2-8,13H,9-10H2,1H3,(H2,18,19,21). The van der Waals surface area contributed by atoms with Crippen molar-refractivity contribution in [1.82, 2.24) is 20.4 Å². The predicted octanol–water partition coefficient (Wildman–Crippen LogP) is 4.59. The van der Waals surface area contributed by atoms with Gasteiger partial charge in [0, 0.05) is 61.8 Å². The Morgan fingerprint density at radius 1 is 0.738 bits per heavy atom. The van der Waals surface area contributed by atoms with E-state index in [0.29, 0.717) is 58.3 Å². The molecular formula is C43H50N8O11S3. The maximum absolute atomic E-state index is 12.5. The molecule has 2 unspecified atom stereocenters. The molecule has 0 aliphatic carbocycles. The first-order chi connectivity index (χ1) is 31.0. The molecule has 5 heterocycles. The van der Waals surface area contributed by atoms with E-state index in [1.165, 1.54) is 27.6 Å². The highest BCUT2D eigenvalue weighted by atomic mass is 32.2. The van der Waals surface area contributed by atoms with E-state index in [9.17, 15) is 32.4 Å². The Kier molecular flexibility index (Phi) is 16.6. The molecule has 3 saturated heterocycles. The Morgan fingerprint density at radius 3 is 1.65 bits per heavy atom. The monoisotopic (exact) mass is 950 g/mol. The van der Waals surface area contributed by atoms with Crippen LogP contribution in [-0.4, -0.2) is 143 Å². The Bertz CT molecular complexity index is 2420. The molecule has 0 bridgehead atoms. The fourth-order valence-electron chi connectivity index (χ4n) is 6.83. The largest absolute Gasteiger partial charge is 0.463 e. The van der Waals surface area contributed by atoms with Crippen LogP contribution < -0.4 is 20.4 Å². The highest BCUT2D eigenvalue weighted by Crippen LogP contribution is 2.25. The average molecular weight is 951 g/mol. The number of amidine groups is 2. The molecule has 3 aliphatic heterocycles. The number of carbonyl (C=O) groups is 5. The van der Waals surface area contributed by atoms with Crippen LogP contribution in [0.15, 0.2) is 83.6 Å². The van der Waals surface area contributed by atoms with Crippen LogP contribution >= 0.6 is 22.7 Å². The quantitative estimate of drug-likeness (QED) is 0.0420. The lowest BCUT2D eigenvalue weighted by Gasteiger charge is -2.35. The maximum atomic E-state index is 12.5. The van der Waals surface area contributed by atoms with Crippen LogP contribution in [0.4, 0.5) is 21.0 Å². The van der Waals surface area contributed by atoms with Gasteiger partial charge >= 0.3 is 18.2 Å². The van der Waals surface area contributed by atoms with Crippen molar-refractivity contribution in [2.45, 2.75) is 38.6 Å². The van der Waals surface area contributed by atoms with Gasteiger partial charge < -0.3 is 29.7 Å². The summed E-state index contributed by atoms with van der Waals surface area (Å²) in [6, 6.07) is 20.3. The summed E-state index contributed by atoms with van der Waals surface area (Å²) in [4.78, 5) is 69.0. The Balaban J connectivity index is 0.000000224. The Hall–Kier alpha value is -6.04. The number of nitrogens with one attached hydrogen (secondary N) is 4. The minimum absolute atomic E-state index is 0.00258. The van der Waals surface area contributed by atoms with E-state index in [4.69, 9.17) is 25.0 Å². The van der Waals surface area contributed by atoms with Gasteiger partial charge in [0.25, 0.3) is 21.9 Å². The van der Waals surface area contributed by atoms with Gasteiger partial charge in [-0.1, -0.05) is 12.1 Å². The first-order valence-corrected chi connectivity index (χ1v) is 24.1. The van der Waals surface area contributed by atoms with E-state index in [1.807, 2.05) is 19.2 Å². The zero-order chi connectivity index (χ0) is 46.7. The first-order valence-electron chi connectivity index (χ1n) is 20.5. The van der Waals surface area contributed by atoms with Crippen LogP contribution in [0.5, 0.6) is 0 Å². The second kappa shape index (κ2) is 22.2. The topological polar surface area (TPSA) is 241 Å². The van der Waals surface area contributed by atoms with Gasteiger partial charge in [-0.25, -0.2) is 9.59 Å². The number of benzene rings is 2. The number of hydrogen-bond acceptors (Lipinski definition) is 17. The van der Waals surface area contributed by atoms with Crippen molar-refractivity contribution in [3.8, 4) is 0 Å². The van der Waals surface area contributed by atoms with Crippen molar-refractivity contribution in [2.75, 3.05) is 75.0 Å². The predicted molar refractivity (Wildman–Crippen MR) is 245 cm³/mol. The van der Waals surface area contributed by atoms with Crippen molar-refractivity contribution in [3.05, 3.63) is 104 Å². The summed E-state index contributed by atoms with van der Waals surface area (Å²) in [5.74, 6) is -0.898. The van der Waals surface area contributed by atoms with Crippen molar-refractivity contribution >= 4 is 85.8 Å². The molecule has 7 rings (SSSR count). The summed E-state index contributed by atoms with van der Waals surface area (Å²) < 4.78 is 42.7. The molecule has 22 heteroatoms. The second-order valence-electron chi connectivity index (χ2n) is 15.4. The third-order valence-electron chi connectivity index (χ3n) is 10.0. The fourth-order valence-corrected chi connectivity index (χ4v) is 8.46. The van der Waals surface area contributed by atoms with Gasteiger partial charge in [-0.05, 0) is 85.3 Å². The number of carbonyl (C=O) groups excluding carboxylic acids is 5. The molecule has 0 radical (unpaired) electrons. The molecular weight excluding hydrogens is 901 g/mol. The summed E-state index contributed by atoms with van der Waals surface area (Å²) >= 11 is 2.59. The number of cyclic esters (lactones) is 2. The zero-order valence-electron chi connectivity index (χ0n) is 35.9. The zero-order valence-corrected chi connectivity index (χ0v) is 38.3. The highest BCUT2D eigenvalue weighted by Gasteiger charge is 2.35. The lowest BCUT2D eigenvalue weighted by atomic mass is 10.1. The number of ether oxygens (including phenoxy) is 3. The van der Waals surface area contributed by atoms with E-state index in [1.54, 1.807) is 83.1 Å². The molecule has 2 atom stereocenters. The fraction of sp³-hybridized carbons (Fsp3) is 0.372. The van der Waals surface area contributed by atoms with Gasteiger partial charge in [0.1, 0.15) is 30.5 Å². The number of piperazine rings is 1. The van der Waals surface area contributed by atoms with Crippen molar-refractivity contribution in [1.29, 1.82) is 10.8 Å². The number of hydrogen-bond donors (Lipinski definition) is 4. The highest BCUT2D eigenvalue weighted by molar-refractivity contribution is 7.86. The maximum Gasteiger partial charge on any atom is 0.414 e. The number of thiophene rings is 2. The van der Waals surface area contributed by atoms with Crippen LogP contribution in [0, 0.1) is 10.8 Å². The Morgan fingerprint density at radius 2 is 1.20 bits per heavy atom. The van der Waals surface area contributed by atoms with Gasteiger partial charge in [0.05, 0.1) is 41.6 Å². The molecule has 0 saturated carbocycles. The van der Waals surface area contributed by atoms with E-state index in [0.717, 1.165) is 32.4 Å². The number of nitrogens with zero attached hydrogens (tertiary/aromatic N) is 4.